The predicted molar refractivity (Wildman–Crippen MR) is 115 cm³/mol. The van der Waals surface area contributed by atoms with Crippen LogP contribution in [0, 0.1) is 0 Å². The molecule has 1 aliphatic rings. The van der Waals surface area contributed by atoms with Gasteiger partial charge in [0.1, 0.15) is 11.8 Å². The van der Waals surface area contributed by atoms with Gasteiger partial charge in [-0.05, 0) is 55.0 Å². The lowest BCUT2D eigenvalue weighted by molar-refractivity contribution is -0.128. The van der Waals surface area contributed by atoms with Gasteiger partial charge in [-0.1, -0.05) is 50.2 Å². The summed E-state index contributed by atoms with van der Waals surface area (Å²) < 4.78 is 5.58. The third kappa shape index (κ3) is 4.67. The van der Waals surface area contributed by atoms with Crippen LogP contribution in [0.2, 0.25) is 0 Å². The first-order chi connectivity index (χ1) is 13.9. The molecule has 1 aliphatic heterocycles. The van der Waals surface area contributed by atoms with Crippen molar-refractivity contribution in [2.45, 2.75) is 51.6 Å². The molecule has 3 rings (SSSR count). The zero-order chi connectivity index (χ0) is 21.0. The maximum absolute atomic E-state index is 12.7. The molecule has 0 bridgehead atoms. The summed E-state index contributed by atoms with van der Waals surface area (Å²) >= 11 is 0. The van der Waals surface area contributed by atoms with Crippen molar-refractivity contribution in [3.63, 3.8) is 0 Å². The summed E-state index contributed by atoms with van der Waals surface area (Å²) in [5.74, 6) is 0.859. The molecule has 154 valence electrons. The molecule has 0 spiro atoms. The van der Waals surface area contributed by atoms with Crippen molar-refractivity contribution in [3.8, 4) is 16.9 Å². The monoisotopic (exact) mass is 394 g/mol. The van der Waals surface area contributed by atoms with E-state index in [1.807, 2.05) is 36.4 Å². The molecule has 2 aromatic rings. The molecule has 1 heterocycles. The lowest BCUT2D eigenvalue weighted by Crippen LogP contribution is -2.43. The summed E-state index contributed by atoms with van der Waals surface area (Å²) in [6.45, 7) is 6.63. The normalized spacial score (nSPS) is 17.2. The maximum Gasteiger partial charge on any atom is 0.237 e. The molecule has 1 fully saturated rings. The fraction of sp³-hybridized carbons (Fsp3) is 0.417. The second kappa shape index (κ2) is 9.23. The van der Waals surface area contributed by atoms with Crippen LogP contribution in [0.3, 0.4) is 0 Å². The molecule has 2 atom stereocenters. The number of methoxy groups -OCH3 is 1. The second-order valence-electron chi connectivity index (χ2n) is 7.90. The average molecular weight is 395 g/mol. The zero-order valence-electron chi connectivity index (χ0n) is 17.6. The zero-order valence-corrected chi connectivity index (χ0v) is 17.6. The molecule has 0 saturated carbocycles. The van der Waals surface area contributed by atoms with Crippen molar-refractivity contribution in [2.75, 3.05) is 13.7 Å². The fourth-order valence-corrected chi connectivity index (χ4v) is 3.83. The Balaban J connectivity index is 2.07. The molecule has 5 nitrogen and oxygen atoms in total. The van der Waals surface area contributed by atoms with Gasteiger partial charge in [0.25, 0.3) is 0 Å². The Bertz CT molecular complexity index is 885. The number of Topliss-reactive ketones (excluding diaryl/α,β-unsaturated/α-hetero) is 1. The molecule has 1 amide bonds. The van der Waals surface area contributed by atoms with Crippen LogP contribution in [0.15, 0.2) is 42.5 Å². The average Bonchev–Trinajstić information content (AvgIpc) is 3.26. The van der Waals surface area contributed by atoms with E-state index in [4.69, 9.17) is 4.74 Å². The Kier molecular flexibility index (Phi) is 6.70. The minimum Gasteiger partial charge on any atom is -0.496 e. The highest BCUT2D eigenvalue weighted by atomic mass is 16.5. The van der Waals surface area contributed by atoms with Crippen LogP contribution in [-0.4, -0.2) is 31.4 Å². The molecular weight excluding hydrogens is 364 g/mol. The van der Waals surface area contributed by atoms with E-state index in [1.54, 1.807) is 7.11 Å². The predicted octanol–water partition coefficient (Wildman–Crippen LogP) is 3.98. The molecule has 0 radical (unpaired) electrons. The number of ether oxygens (including phenoxy) is 1. The van der Waals surface area contributed by atoms with Gasteiger partial charge in [0, 0.05) is 5.56 Å². The van der Waals surface area contributed by atoms with Crippen LogP contribution in [0.5, 0.6) is 5.75 Å². The van der Waals surface area contributed by atoms with Crippen molar-refractivity contribution >= 4 is 11.7 Å². The van der Waals surface area contributed by atoms with Crippen LogP contribution in [0.1, 0.15) is 56.7 Å². The van der Waals surface area contributed by atoms with Gasteiger partial charge < -0.3 is 15.4 Å². The standard InChI is InChI=1S/C24H30N2O3/c1-15(2)17-11-12-19(20(14-17)18-8-5-6-10-22(18)29-4)23(16(3)27)26-24(28)21-9-7-13-25-21/h5-6,8,10-12,14-15,21,23,25H,7,9,13H2,1-4H3,(H,26,28). The molecule has 29 heavy (non-hydrogen) atoms. The first-order valence-corrected chi connectivity index (χ1v) is 10.2. The highest BCUT2D eigenvalue weighted by molar-refractivity contribution is 5.92. The molecule has 2 N–H and O–H groups in total. The first-order valence-electron chi connectivity index (χ1n) is 10.2. The van der Waals surface area contributed by atoms with Gasteiger partial charge in [0.2, 0.25) is 5.91 Å². The summed E-state index contributed by atoms with van der Waals surface area (Å²) in [5, 5.41) is 6.18. The van der Waals surface area contributed by atoms with Crippen molar-refractivity contribution in [1.82, 2.24) is 10.6 Å². The number of rotatable bonds is 7. The van der Waals surface area contributed by atoms with Crippen molar-refractivity contribution in [1.29, 1.82) is 0 Å². The third-order valence-corrected chi connectivity index (χ3v) is 5.52. The van der Waals surface area contributed by atoms with E-state index in [2.05, 4.69) is 30.5 Å². The van der Waals surface area contributed by atoms with Gasteiger partial charge in [-0.2, -0.15) is 0 Å². The SMILES string of the molecule is COc1ccccc1-c1cc(C(C)C)ccc1C(NC(=O)C1CCCN1)C(C)=O. The molecular formula is C24H30N2O3. The molecule has 2 unspecified atom stereocenters. The van der Waals surface area contributed by atoms with Crippen LogP contribution < -0.4 is 15.4 Å². The maximum atomic E-state index is 12.7. The Morgan fingerprint density at radius 3 is 2.52 bits per heavy atom. The number of carbonyl (C=O) groups excluding carboxylic acids is 2. The quantitative estimate of drug-likeness (QED) is 0.745. The molecule has 2 aromatic carbocycles. The van der Waals surface area contributed by atoms with Crippen LogP contribution in [0.25, 0.3) is 11.1 Å². The van der Waals surface area contributed by atoms with E-state index >= 15 is 0 Å². The fourth-order valence-electron chi connectivity index (χ4n) is 3.83. The number of nitrogens with one attached hydrogen (secondary N) is 2. The lowest BCUT2D eigenvalue weighted by Gasteiger charge is -2.23. The minimum atomic E-state index is -0.703. The van der Waals surface area contributed by atoms with Crippen LogP contribution >= 0.6 is 0 Å². The van der Waals surface area contributed by atoms with Gasteiger partial charge in [-0.25, -0.2) is 0 Å². The van der Waals surface area contributed by atoms with Crippen molar-refractivity contribution < 1.29 is 14.3 Å². The highest BCUT2D eigenvalue weighted by Crippen LogP contribution is 2.37. The number of hydrogen-bond donors (Lipinski definition) is 2. The van der Waals surface area contributed by atoms with Gasteiger partial charge in [0.15, 0.2) is 5.78 Å². The Morgan fingerprint density at radius 1 is 1.14 bits per heavy atom. The van der Waals surface area contributed by atoms with E-state index in [0.29, 0.717) is 5.92 Å². The third-order valence-electron chi connectivity index (χ3n) is 5.52. The largest absolute Gasteiger partial charge is 0.496 e. The van der Waals surface area contributed by atoms with Gasteiger partial charge in [-0.15, -0.1) is 0 Å². The Morgan fingerprint density at radius 2 is 1.90 bits per heavy atom. The van der Waals surface area contributed by atoms with E-state index < -0.39 is 6.04 Å². The molecule has 0 aromatic heterocycles. The van der Waals surface area contributed by atoms with E-state index in [-0.39, 0.29) is 17.7 Å². The van der Waals surface area contributed by atoms with E-state index in [9.17, 15) is 9.59 Å². The summed E-state index contributed by atoms with van der Waals surface area (Å²) in [6.07, 6.45) is 1.76. The summed E-state index contributed by atoms with van der Waals surface area (Å²) in [7, 11) is 1.64. The van der Waals surface area contributed by atoms with Crippen LogP contribution in [-0.2, 0) is 9.59 Å². The van der Waals surface area contributed by atoms with Gasteiger partial charge in [0.05, 0.1) is 13.2 Å². The topological polar surface area (TPSA) is 67.4 Å². The number of amides is 1. The first kappa shape index (κ1) is 21.1. The van der Waals surface area contributed by atoms with Crippen LogP contribution in [0.4, 0.5) is 0 Å². The summed E-state index contributed by atoms with van der Waals surface area (Å²) in [6, 6.07) is 12.9. The number of benzene rings is 2. The van der Waals surface area contributed by atoms with E-state index in [0.717, 1.165) is 41.8 Å². The van der Waals surface area contributed by atoms with Gasteiger partial charge >= 0.3 is 0 Å². The lowest BCUT2D eigenvalue weighted by atomic mass is 9.88. The molecule has 1 saturated heterocycles. The number of carbonyl (C=O) groups is 2. The minimum absolute atomic E-state index is 0.0928. The van der Waals surface area contributed by atoms with Crippen molar-refractivity contribution in [2.24, 2.45) is 0 Å². The van der Waals surface area contributed by atoms with E-state index in [1.165, 1.54) is 12.5 Å². The number of ketones is 1. The summed E-state index contributed by atoms with van der Waals surface area (Å²) in [4.78, 5) is 25.3. The molecule has 0 aliphatic carbocycles. The number of hydrogen-bond acceptors (Lipinski definition) is 4. The second-order valence-corrected chi connectivity index (χ2v) is 7.90. The smallest absolute Gasteiger partial charge is 0.237 e. The number of para-hydroxylation sites is 1. The van der Waals surface area contributed by atoms with Crippen molar-refractivity contribution in [3.05, 3.63) is 53.6 Å². The Labute approximate surface area is 172 Å². The summed E-state index contributed by atoms with van der Waals surface area (Å²) in [5.41, 5.74) is 3.78. The van der Waals surface area contributed by atoms with Gasteiger partial charge in [-0.3, -0.25) is 9.59 Å². The molecule has 5 heteroatoms. The Hall–Kier alpha value is -2.66. The highest BCUT2D eigenvalue weighted by Gasteiger charge is 2.28.